The Hall–Kier alpha value is -1.66. The zero-order chi connectivity index (χ0) is 30.3. The lowest BCUT2D eigenvalue weighted by atomic mass is 9.89. The Labute approximate surface area is 243 Å². The minimum Gasteiger partial charge on any atom is -0.391 e. The molecule has 1 amide bonds. The van der Waals surface area contributed by atoms with Crippen LogP contribution in [0.4, 0.5) is 3.89 Å². The second-order valence-corrected chi connectivity index (χ2v) is 12.2. The molecule has 41 heavy (non-hydrogen) atoms. The fourth-order valence-corrected chi connectivity index (χ4v) is 5.97. The van der Waals surface area contributed by atoms with Crippen LogP contribution in [0, 0.1) is 12.8 Å². The number of halogens is 1. The number of rotatable bonds is 8. The van der Waals surface area contributed by atoms with Crippen LogP contribution in [0.5, 0.6) is 0 Å². The molecule has 3 aliphatic rings. The van der Waals surface area contributed by atoms with Gasteiger partial charge in [0, 0.05) is 30.9 Å². The third kappa shape index (κ3) is 8.46. The highest BCUT2D eigenvalue weighted by Crippen LogP contribution is 2.28. The van der Waals surface area contributed by atoms with E-state index in [1.807, 2.05) is 12.2 Å². The fraction of sp³-hybridized carbons (Fsp3) is 0.654. The van der Waals surface area contributed by atoms with Gasteiger partial charge in [0.1, 0.15) is 36.6 Å². The summed E-state index contributed by atoms with van der Waals surface area (Å²) in [5, 5.41) is 47.9. The number of fused-ring (bicyclic) bond motifs is 1. The van der Waals surface area contributed by atoms with Gasteiger partial charge in [0.25, 0.3) is 10.1 Å². The third-order valence-corrected chi connectivity index (χ3v) is 8.59. The van der Waals surface area contributed by atoms with Crippen LogP contribution in [0.1, 0.15) is 18.9 Å². The second kappa shape index (κ2) is 15.2. The maximum absolute atomic E-state index is 13.2. The smallest absolute Gasteiger partial charge is 0.297 e. The molecule has 12 nitrogen and oxygen atoms in total. The summed E-state index contributed by atoms with van der Waals surface area (Å²) >= 11 is 0.250. The molecule has 15 heteroatoms. The summed E-state index contributed by atoms with van der Waals surface area (Å²) in [6.07, 6.45) is -3.52. The van der Waals surface area contributed by atoms with E-state index in [2.05, 4.69) is 10.6 Å². The molecule has 10 atom stereocenters. The number of aliphatic hydroxyl groups excluding tert-OH is 4. The van der Waals surface area contributed by atoms with Crippen molar-refractivity contribution in [3.63, 3.8) is 0 Å². The standard InChI is InChI=1S/C25H36N2O10S.CH3FS/c1-13-6-8-16(9-7-13)38(33,34)36-12-17-20(29)21(30)22(31)24(37-17)18(14(2)28)27-25(32)19-23-15(11-26-19)5-3-4-10-35-23;1-3-2/h3-4,6-9,14-15,17-24,26,28-31H,5,10-12H2,1-2H3,(H,27,32);1H3/t14-,15+,17?,18-,19+,20+,21+,22?,23-,24-;/m1./s1. The third-order valence-electron chi connectivity index (χ3n) is 7.29. The average molecular weight is 623 g/mol. The van der Waals surface area contributed by atoms with Crippen molar-refractivity contribution < 1.29 is 51.2 Å². The lowest BCUT2D eigenvalue weighted by molar-refractivity contribution is -0.238. The maximum atomic E-state index is 13.2. The lowest BCUT2D eigenvalue weighted by Gasteiger charge is -2.44. The van der Waals surface area contributed by atoms with Crippen molar-refractivity contribution in [1.29, 1.82) is 0 Å². The van der Waals surface area contributed by atoms with Crippen LogP contribution in [-0.2, 0) is 28.6 Å². The summed E-state index contributed by atoms with van der Waals surface area (Å²) < 4.78 is 52.1. The molecule has 3 heterocycles. The summed E-state index contributed by atoms with van der Waals surface area (Å²) in [4.78, 5) is 13.1. The van der Waals surface area contributed by atoms with E-state index >= 15 is 0 Å². The number of carbonyl (C=O) groups excluding carboxylic acids is 1. The first kappa shape index (κ1) is 33.8. The largest absolute Gasteiger partial charge is 0.391 e. The number of nitrogens with one attached hydrogen (secondary N) is 2. The van der Waals surface area contributed by atoms with Gasteiger partial charge in [-0.3, -0.25) is 8.98 Å². The van der Waals surface area contributed by atoms with E-state index in [-0.39, 0.29) is 23.0 Å². The summed E-state index contributed by atoms with van der Waals surface area (Å²) in [6.45, 7) is 3.44. The highest BCUT2D eigenvalue weighted by molar-refractivity contribution is 7.93. The van der Waals surface area contributed by atoms with Crippen LogP contribution in [0.2, 0.25) is 0 Å². The fourth-order valence-electron chi connectivity index (χ4n) is 5.06. The molecular formula is C26H39FN2O10S2. The maximum Gasteiger partial charge on any atom is 0.297 e. The van der Waals surface area contributed by atoms with Gasteiger partial charge in [-0.05, 0) is 32.4 Å². The minimum atomic E-state index is -4.21. The van der Waals surface area contributed by atoms with E-state index in [4.69, 9.17) is 13.7 Å². The highest BCUT2D eigenvalue weighted by Gasteiger charge is 2.49. The van der Waals surface area contributed by atoms with E-state index < -0.39 is 77.4 Å². The van der Waals surface area contributed by atoms with Gasteiger partial charge in [-0.15, -0.1) is 0 Å². The molecule has 2 fully saturated rings. The van der Waals surface area contributed by atoms with Gasteiger partial charge in [0.05, 0.1) is 36.4 Å². The Morgan fingerprint density at radius 1 is 1.20 bits per heavy atom. The zero-order valence-electron chi connectivity index (χ0n) is 23.0. The van der Waals surface area contributed by atoms with Gasteiger partial charge < -0.3 is 40.5 Å². The van der Waals surface area contributed by atoms with E-state index in [1.165, 1.54) is 25.3 Å². The molecule has 3 aliphatic heterocycles. The summed E-state index contributed by atoms with van der Waals surface area (Å²) in [7, 11) is -4.21. The number of carbonyl (C=O) groups is 1. The van der Waals surface area contributed by atoms with Gasteiger partial charge in [-0.25, -0.2) is 0 Å². The first-order valence-corrected chi connectivity index (χ1v) is 15.7. The van der Waals surface area contributed by atoms with E-state index in [9.17, 15) is 37.5 Å². The number of aryl methyl sites for hydroxylation is 1. The van der Waals surface area contributed by atoms with Crippen LogP contribution in [0.3, 0.4) is 0 Å². The monoisotopic (exact) mass is 622 g/mol. The topological polar surface area (TPSA) is 184 Å². The molecule has 0 radical (unpaired) electrons. The highest BCUT2D eigenvalue weighted by atomic mass is 32.2. The summed E-state index contributed by atoms with van der Waals surface area (Å²) in [5.74, 6) is -0.392. The predicted molar refractivity (Wildman–Crippen MR) is 148 cm³/mol. The number of aliphatic hydroxyl groups is 4. The molecule has 0 bridgehead atoms. The molecule has 0 aliphatic carbocycles. The molecule has 4 rings (SSSR count). The Kier molecular flexibility index (Phi) is 12.5. The summed E-state index contributed by atoms with van der Waals surface area (Å²) in [5.41, 5.74) is 0.853. The predicted octanol–water partition coefficient (Wildman–Crippen LogP) is -0.417. The molecule has 2 saturated heterocycles. The van der Waals surface area contributed by atoms with Crippen molar-refractivity contribution in [2.45, 2.75) is 80.0 Å². The van der Waals surface area contributed by atoms with Crippen LogP contribution in [0.25, 0.3) is 0 Å². The van der Waals surface area contributed by atoms with Crippen molar-refractivity contribution in [3.8, 4) is 0 Å². The van der Waals surface area contributed by atoms with Crippen LogP contribution in [-0.4, -0.2) is 116 Å². The Morgan fingerprint density at radius 2 is 1.85 bits per heavy atom. The molecule has 0 aromatic heterocycles. The van der Waals surface area contributed by atoms with Crippen LogP contribution < -0.4 is 10.6 Å². The Morgan fingerprint density at radius 3 is 2.49 bits per heavy atom. The van der Waals surface area contributed by atoms with Gasteiger partial charge in [-0.2, -0.15) is 12.3 Å². The second-order valence-electron chi connectivity index (χ2n) is 10.2. The number of allylic oxidation sites excluding steroid dienone is 1. The van der Waals surface area contributed by atoms with Gasteiger partial charge in [0.15, 0.2) is 0 Å². The van der Waals surface area contributed by atoms with Crippen molar-refractivity contribution >= 4 is 28.2 Å². The number of ether oxygens (including phenoxy) is 2. The number of benzene rings is 1. The quantitative estimate of drug-likeness (QED) is 0.163. The first-order valence-electron chi connectivity index (χ1n) is 13.2. The SMILES string of the molecule is CSF.Cc1ccc(S(=O)(=O)OCC2O[C@H]([C@H](NC(=O)[C@H]3NC[C@@H]4CC=CCO[C@H]43)[C@@H](C)O)C(O)[C@@H](O)[C@H]2O)cc1. The normalized spacial score (nSPS) is 33.1. The van der Waals surface area contributed by atoms with Gasteiger partial charge in [-0.1, -0.05) is 29.8 Å². The van der Waals surface area contributed by atoms with Crippen molar-refractivity contribution in [3.05, 3.63) is 42.0 Å². The van der Waals surface area contributed by atoms with Gasteiger partial charge >= 0.3 is 0 Å². The van der Waals surface area contributed by atoms with Crippen LogP contribution >= 0.6 is 12.1 Å². The van der Waals surface area contributed by atoms with Gasteiger partial charge in [0.2, 0.25) is 5.91 Å². The van der Waals surface area contributed by atoms with E-state index in [0.717, 1.165) is 12.0 Å². The minimum absolute atomic E-state index is 0.0972. The van der Waals surface area contributed by atoms with E-state index in [1.54, 1.807) is 19.1 Å². The number of hydrogen-bond donors (Lipinski definition) is 6. The molecule has 2 unspecified atom stereocenters. The Balaban J connectivity index is 0.00000147. The average Bonchev–Trinajstić information content (AvgIpc) is 3.19. The van der Waals surface area contributed by atoms with Crippen molar-refractivity contribution in [2.75, 3.05) is 26.0 Å². The summed E-state index contributed by atoms with van der Waals surface area (Å²) in [6, 6.07) is 4.04. The molecular weight excluding hydrogens is 583 g/mol. The van der Waals surface area contributed by atoms with Crippen LogP contribution in [0.15, 0.2) is 41.3 Å². The molecule has 0 spiro atoms. The Bertz CT molecular complexity index is 1120. The lowest BCUT2D eigenvalue weighted by Crippen LogP contribution is -2.67. The van der Waals surface area contributed by atoms with E-state index in [0.29, 0.717) is 13.2 Å². The molecule has 1 aromatic carbocycles. The molecule has 1 aromatic rings. The van der Waals surface area contributed by atoms with Crippen molar-refractivity contribution in [2.24, 2.45) is 5.92 Å². The number of hydrogen-bond acceptors (Lipinski definition) is 12. The first-order chi connectivity index (χ1) is 19.4. The number of amides is 1. The molecule has 6 N–H and O–H groups in total. The molecule has 0 saturated carbocycles. The zero-order valence-corrected chi connectivity index (χ0v) is 24.6. The van der Waals surface area contributed by atoms with Crippen molar-refractivity contribution in [1.82, 2.24) is 10.6 Å². The molecule has 232 valence electrons.